The Labute approximate surface area is 190 Å². The van der Waals surface area contributed by atoms with Crippen LogP contribution in [0.4, 0.5) is 0 Å². The van der Waals surface area contributed by atoms with Crippen molar-refractivity contribution in [2.75, 3.05) is 40.4 Å². The summed E-state index contributed by atoms with van der Waals surface area (Å²) in [6.07, 6.45) is 0. The van der Waals surface area contributed by atoms with Gasteiger partial charge in [-0.05, 0) is 42.5 Å². The zero-order valence-electron chi connectivity index (χ0n) is 18.5. The molecule has 1 saturated heterocycles. The molecule has 32 heavy (non-hydrogen) atoms. The second-order valence-corrected chi connectivity index (χ2v) is 8.98. The number of imidazole rings is 1. The maximum absolute atomic E-state index is 11.7. The molecule has 7 nitrogen and oxygen atoms in total. The van der Waals surface area contributed by atoms with Gasteiger partial charge in [0.2, 0.25) is 5.91 Å². The summed E-state index contributed by atoms with van der Waals surface area (Å²) >= 11 is 1.67. The largest absolute Gasteiger partial charge is 0.497 e. The van der Waals surface area contributed by atoms with Crippen LogP contribution in [-0.4, -0.2) is 65.5 Å². The van der Waals surface area contributed by atoms with Crippen molar-refractivity contribution in [3.05, 3.63) is 48.2 Å². The number of methoxy groups -OCH3 is 2. The van der Waals surface area contributed by atoms with E-state index in [0.29, 0.717) is 0 Å². The number of nitrogens with zero attached hydrogens (tertiary/aromatic N) is 4. The van der Waals surface area contributed by atoms with Crippen molar-refractivity contribution in [3.63, 3.8) is 0 Å². The number of ether oxygens (including phenoxy) is 2. The monoisotopic (exact) mass is 450 g/mol. The number of amides is 1. The van der Waals surface area contributed by atoms with Gasteiger partial charge in [-0.1, -0.05) is 11.3 Å². The van der Waals surface area contributed by atoms with Crippen molar-refractivity contribution >= 4 is 32.4 Å². The van der Waals surface area contributed by atoms with Gasteiger partial charge in [-0.2, -0.15) is 0 Å². The Morgan fingerprint density at radius 2 is 1.69 bits per heavy atom. The molecular weight excluding hydrogens is 424 g/mol. The lowest BCUT2D eigenvalue weighted by Crippen LogP contribution is -2.47. The van der Waals surface area contributed by atoms with Crippen LogP contribution in [0.1, 0.15) is 12.6 Å². The first-order valence-electron chi connectivity index (χ1n) is 10.7. The first kappa shape index (κ1) is 20.8. The summed E-state index contributed by atoms with van der Waals surface area (Å²) in [7, 11) is 3.36. The molecule has 0 unspecified atom stereocenters. The van der Waals surface area contributed by atoms with Gasteiger partial charge in [-0.15, -0.1) is 0 Å². The Balaban J connectivity index is 1.58. The molecule has 0 radical (unpaired) electrons. The number of rotatable bonds is 5. The number of hydrogen-bond donors (Lipinski definition) is 0. The summed E-state index contributed by atoms with van der Waals surface area (Å²) in [6.45, 7) is 5.64. The SMILES string of the molecule is COc1ccc(-c2nc3sc4cc(OC)ccc4n3c2CN2CCN(C(C)=O)CC2)cc1. The number of thiazole rings is 1. The van der Waals surface area contributed by atoms with Crippen LogP contribution in [0.3, 0.4) is 0 Å². The van der Waals surface area contributed by atoms with E-state index in [1.165, 1.54) is 0 Å². The van der Waals surface area contributed by atoms with E-state index in [4.69, 9.17) is 14.5 Å². The topological polar surface area (TPSA) is 59.3 Å². The van der Waals surface area contributed by atoms with Gasteiger partial charge in [0, 0.05) is 45.2 Å². The molecule has 1 amide bonds. The Hall–Kier alpha value is -3.10. The summed E-state index contributed by atoms with van der Waals surface area (Å²) in [6, 6.07) is 14.2. The fraction of sp³-hybridized carbons (Fsp3) is 0.333. The molecule has 4 aromatic rings. The zero-order chi connectivity index (χ0) is 22.2. The molecule has 2 aromatic carbocycles. The van der Waals surface area contributed by atoms with Crippen LogP contribution < -0.4 is 9.47 Å². The van der Waals surface area contributed by atoms with Gasteiger partial charge in [0.15, 0.2) is 4.96 Å². The summed E-state index contributed by atoms with van der Waals surface area (Å²) in [5.41, 5.74) is 4.36. The fourth-order valence-electron chi connectivity index (χ4n) is 4.29. The third-order valence-electron chi connectivity index (χ3n) is 6.11. The molecule has 0 bridgehead atoms. The maximum atomic E-state index is 11.7. The average molecular weight is 451 g/mol. The molecular formula is C24H26N4O3S. The summed E-state index contributed by atoms with van der Waals surface area (Å²) in [4.78, 5) is 22.1. The molecule has 3 heterocycles. The van der Waals surface area contributed by atoms with E-state index in [1.807, 2.05) is 23.1 Å². The number of benzene rings is 2. The first-order valence-corrected chi connectivity index (χ1v) is 11.5. The number of hydrogen-bond acceptors (Lipinski definition) is 6. The van der Waals surface area contributed by atoms with Crippen molar-refractivity contribution in [3.8, 4) is 22.8 Å². The summed E-state index contributed by atoms with van der Waals surface area (Å²) in [5.74, 6) is 1.82. The third-order valence-corrected chi connectivity index (χ3v) is 7.11. The Bertz CT molecular complexity index is 1270. The Kier molecular flexibility index (Phi) is 5.48. The minimum absolute atomic E-state index is 0.146. The molecule has 0 saturated carbocycles. The standard InChI is InChI=1S/C24H26N4O3S/c1-16(29)27-12-10-26(11-13-27)15-21-23(17-4-6-18(30-2)7-5-17)25-24-28(21)20-9-8-19(31-3)14-22(20)32-24/h4-9,14H,10-13,15H2,1-3H3. The van der Waals surface area contributed by atoms with Gasteiger partial charge < -0.3 is 14.4 Å². The number of carbonyl (C=O) groups excluding carboxylic acids is 1. The van der Waals surface area contributed by atoms with Gasteiger partial charge >= 0.3 is 0 Å². The molecule has 166 valence electrons. The molecule has 8 heteroatoms. The highest BCUT2D eigenvalue weighted by Crippen LogP contribution is 2.35. The summed E-state index contributed by atoms with van der Waals surface area (Å²) in [5, 5.41) is 0. The molecule has 0 spiro atoms. The number of piperazine rings is 1. The minimum atomic E-state index is 0.146. The van der Waals surface area contributed by atoms with Gasteiger partial charge in [-0.25, -0.2) is 4.98 Å². The van der Waals surface area contributed by atoms with E-state index < -0.39 is 0 Å². The van der Waals surface area contributed by atoms with E-state index in [1.54, 1.807) is 32.5 Å². The number of carbonyl (C=O) groups is 1. The highest BCUT2D eigenvalue weighted by molar-refractivity contribution is 7.23. The molecule has 1 fully saturated rings. The second-order valence-electron chi connectivity index (χ2n) is 7.97. The molecule has 2 aromatic heterocycles. The number of fused-ring (bicyclic) bond motifs is 3. The van der Waals surface area contributed by atoms with Crippen LogP contribution in [0.25, 0.3) is 26.4 Å². The fourth-order valence-corrected chi connectivity index (χ4v) is 5.37. The normalized spacial score (nSPS) is 14.9. The van der Waals surface area contributed by atoms with Crippen LogP contribution in [0.5, 0.6) is 11.5 Å². The molecule has 1 aliphatic heterocycles. The van der Waals surface area contributed by atoms with E-state index in [-0.39, 0.29) is 5.91 Å². The lowest BCUT2D eigenvalue weighted by atomic mass is 10.1. The smallest absolute Gasteiger partial charge is 0.219 e. The van der Waals surface area contributed by atoms with Crippen molar-refractivity contribution in [1.82, 2.24) is 19.2 Å². The van der Waals surface area contributed by atoms with E-state index in [2.05, 4.69) is 33.6 Å². The predicted molar refractivity (Wildman–Crippen MR) is 127 cm³/mol. The highest BCUT2D eigenvalue weighted by atomic mass is 32.1. The van der Waals surface area contributed by atoms with Crippen LogP contribution in [0.2, 0.25) is 0 Å². The van der Waals surface area contributed by atoms with Gasteiger partial charge in [-0.3, -0.25) is 14.1 Å². The van der Waals surface area contributed by atoms with E-state index in [0.717, 1.165) is 76.4 Å². The van der Waals surface area contributed by atoms with Crippen molar-refractivity contribution < 1.29 is 14.3 Å². The molecule has 5 rings (SSSR count). The van der Waals surface area contributed by atoms with Crippen molar-refractivity contribution in [2.45, 2.75) is 13.5 Å². The average Bonchev–Trinajstić information content (AvgIpc) is 3.35. The van der Waals surface area contributed by atoms with Crippen LogP contribution in [0, 0.1) is 0 Å². The highest BCUT2D eigenvalue weighted by Gasteiger charge is 2.24. The van der Waals surface area contributed by atoms with Gasteiger partial charge in [0.1, 0.15) is 11.5 Å². The summed E-state index contributed by atoms with van der Waals surface area (Å²) < 4.78 is 14.2. The Morgan fingerprint density at radius 3 is 2.34 bits per heavy atom. The zero-order valence-corrected chi connectivity index (χ0v) is 19.3. The quantitative estimate of drug-likeness (QED) is 0.462. The van der Waals surface area contributed by atoms with E-state index in [9.17, 15) is 4.79 Å². The lowest BCUT2D eigenvalue weighted by molar-refractivity contribution is -0.130. The first-order chi connectivity index (χ1) is 15.6. The van der Waals surface area contributed by atoms with E-state index >= 15 is 0 Å². The number of aromatic nitrogens is 2. The van der Waals surface area contributed by atoms with Gasteiger partial charge in [0.05, 0.1) is 35.8 Å². The minimum Gasteiger partial charge on any atom is -0.497 e. The van der Waals surface area contributed by atoms with Gasteiger partial charge in [0.25, 0.3) is 0 Å². The van der Waals surface area contributed by atoms with Crippen molar-refractivity contribution in [1.29, 1.82) is 0 Å². The second kappa shape index (κ2) is 8.44. The predicted octanol–water partition coefficient (Wildman–Crippen LogP) is 3.90. The van der Waals surface area contributed by atoms with Crippen LogP contribution in [0.15, 0.2) is 42.5 Å². The van der Waals surface area contributed by atoms with Crippen molar-refractivity contribution in [2.24, 2.45) is 0 Å². The van der Waals surface area contributed by atoms with Crippen LogP contribution >= 0.6 is 11.3 Å². The maximum Gasteiger partial charge on any atom is 0.219 e. The molecule has 0 N–H and O–H groups in total. The molecule has 0 atom stereocenters. The third kappa shape index (κ3) is 3.69. The molecule has 1 aliphatic rings. The lowest BCUT2D eigenvalue weighted by Gasteiger charge is -2.34. The Morgan fingerprint density at radius 1 is 1.00 bits per heavy atom. The van der Waals surface area contributed by atoms with Crippen LogP contribution in [-0.2, 0) is 11.3 Å². The molecule has 0 aliphatic carbocycles.